The Balaban J connectivity index is 1.77. The van der Waals surface area contributed by atoms with Crippen molar-refractivity contribution < 1.29 is 28.6 Å². The molecule has 7 nitrogen and oxygen atoms in total. The number of amides is 2. The maximum Gasteiger partial charge on any atom is 0.309 e. The molecule has 0 aliphatic carbocycles. The average molecular weight is 436 g/mol. The van der Waals surface area contributed by atoms with Gasteiger partial charge in [0.25, 0.3) is 11.8 Å². The van der Waals surface area contributed by atoms with Crippen LogP contribution in [0, 0.1) is 5.82 Å². The van der Waals surface area contributed by atoms with Gasteiger partial charge in [-0.25, -0.2) is 4.39 Å². The van der Waals surface area contributed by atoms with E-state index in [9.17, 15) is 23.9 Å². The summed E-state index contributed by atoms with van der Waals surface area (Å²) in [5.74, 6) is -2.64. The van der Waals surface area contributed by atoms with Gasteiger partial charge in [0, 0.05) is 11.1 Å². The zero-order valence-electron chi connectivity index (χ0n) is 16.9. The molecule has 32 heavy (non-hydrogen) atoms. The Morgan fingerprint density at radius 1 is 0.906 bits per heavy atom. The van der Waals surface area contributed by atoms with Gasteiger partial charge in [0.2, 0.25) is 6.10 Å². The molecule has 3 aromatic rings. The van der Waals surface area contributed by atoms with Crippen LogP contribution in [0.4, 0.5) is 4.39 Å². The van der Waals surface area contributed by atoms with Crippen LogP contribution in [0.5, 0.6) is 5.75 Å². The summed E-state index contributed by atoms with van der Waals surface area (Å²) in [6.45, 7) is 0. The average Bonchev–Trinajstić information content (AvgIpc) is 2.78. The van der Waals surface area contributed by atoms with E-state index in [-0.39, 0.29) is 17.7 Å². The molecule has 2 amide bonds. The van der Waals surface area contributed by atoms with Crippen LogP contribution in [0.15, 0.2) is 78.9 Å². The molecule has 0 bridgehead atoms. The lowest BCUT2D eigenvalue weighted by molar-refractivity contribution is -0.155. The summed E-state index contributed by atoms with van der Waals surface area (Å²) in [4.78, 5) is 37.1. The minimum Gasteiger partial charge on any atom is -0.508 e. The zero-order chi connectivity index (χ0) is 23.1. The SMILES string of the molecule is NC(=O)C(OC(=O)CC(NC(=O)c1ccc(O)cc1)c1ccccc1)c1ccc(F)cc1. The van der Waals surface area contributed by atoms with Crippen molar-refractivity contribution in [2.45, 2.75) is 18.6 Å². The Morgan fingerprint density at radius 3 is 2.12 bits per heavy atom. The van der Waals surface area contributed by atoms with Crippen LogP contribution in [-0.2, 0) is 14.3 Å². The van der Waals surface area contributed by atoms with Gasteiger partial charge in [0.15, 0.2) is 0 Å². The van der Waals surface area contributed by atoms with Crippen molar-refractivity contribution in [3.8, 4) is 5.75 Å². The minimum absolute atomic E-state index is 0.0167. The Hall–Kier alpha value is -4.20. The van der Waals surface area contributed by atoms with E-state index in [1.165, 1.54) is 36.4 Å². The molecule has 0 aliphatic rings. The van der Waals surface area contributed by atoms with Gasteiger partial charge >= 0.3 is 5.97 Å². The lowest BCUT2D eigenvalue weighted by atomic mass is 10.0. The Kier molecular flexibility index (Phi) is 7.17. The number of esters is 1. The predicted molar refractivity (Wildman–Crippen MR) is 114 cm³/mol. The van der Waals surface area contributed by atoms with Gasteiger partial charge in [-0.15, -0.1) is 0 Å². The Morgan fingerprint density at radius 2 is 1.53 bits per heavy atom. The fourth-order valence-electron chi connectivity index (χ4n) is 3.07. The van der Waals surface area contributed by atoms with Crippen LogP contribution < -0.4 is 11.1 Å². The summed E-state index contributed by atoms with van der Waals surface area (Å²) in [7, 11) is 0. The lowest BCUT2D eigenvalue weighted by Crippen LogP contribution is -2.32. The van der Waals surface area contributed by atoms with Crippen molar-refractivity contribution in [1.82, 2.24) is 5.32 Å². The Bertz CT molecular complexity index is 1090. The fraction of sp³-hybridized carbons (Fsp3) is 0.125. The molecular formula is C24H21FN2O5. The quantitative estimate of drug-likeness (QED) is 0.469. The first-order chi connectivity index (χ1) is 15.3. The molecule has 164 valence electrons. The van der Waals surface area contributed by atoms with Gasteiger partial charge in [0.05, 0.1) is 12.5 Å². The number of primary amides is 1. The lowest BCUT2D eigenvalue weighted by Gasteiger charge is -2.21. The molecule has 0 radical (unpaired) electrons. The van der Waals surface area contributed by atoms with E-state index in [2.05, 4.69) is 5.32 Å². The number of nitrogens with one attached hydrogen (secondary N) is 1. The van der Waals surface area contributed by atoms with Gasteiger partial charge in [0.1, 0.15) is 11.6 Å². The second kappa shape index (κ2) is 10.2. The van der Waals surface area contributed by atoms with E-state index in [1.807, 2.05) is 0 Å². The van der Waals surface area contributed by atoms with Crippen molar-refractivity contribution in [2.75, 3.05) is 0 Å². The van der Waals surface area contributed by atoms with Gasteiger partial charge in [-0.05, 0) is 42.0 Å². The number of aromatic hydroxyl groups is 1. The molecule has 3 aromatic carbocycles. The zero-order valence-corrected chi connectivity index (χ0v) is 16.9. The first-order valence-electron chi connectivity index (χ1n) is 9.72. The third kappa shape index (κ3) is 5.91. The highest BCUT2D eigenvalue weighted by Gasteiger charge is 2.26. The minimum atomic E-state index is -1.40. The normalized spacial score (nSPS) is 12.4. The van der Waals surface area contributed by atoms with E-state index >= 15 is 0 Å². The molecule has 0 aromatic heterocycles. The monoisotopic (exact) mass is 436 g/mol. The van der Waals surface area contributed by atoms with Crippen molar-refractivity contribution in [3.05, 3.63) is 101 Å². The molecule has 0 heterocycles. The third-order valence-corrected chi connectivity index (χ3v) is 4.69. The van der Waals surface area contributed by atoms with E-state index in [0.717, 1.165) is 12.1 Å². The number of phenols is 1. The van der Waals surface area contributed by atoms with Crippen LogP contribution in [0.3, 0.4) is 0 Å². The first-order valence-corrected chi connectivity index (χ1v) is 9.72. The highest BCUT2D eigenvalue weighted by atomic mass is 19.1. The summed E-state index contributed by atoms with van der Waals surface area (Å²) >= 11 is 0. The van der Waals surface area contributed by atoms with Crippen LogP contribution >= 0.6 is 0 Å². The number of ether oxygens (including phenoxy) is 1. The standard InChI is InChI=1S/C24H21FN2O5/c25-18-10-6-16(7-11-18)22(23(26)30)32-21(29)14-20(15-4-2-1-3-5-15)27-24(31)17-8-12-19(28)13-9-17/h1-13,20,22,28H,14H2,(H2,26,30)(H,27,31). The molecule has 3 rings (SSSR count). The highest BCUT2D eigenvalue weighted by Crippen LogP contribution is 2.23. The Labute approximate surface area is 183 Å². The van der Waals surface area contributed by atoms with Crippen LogP contribution in [-0.4, -0.2) is 22.9 Å². The first kappa shape index (κ1) is 22.5. The number of phenolic OH excluding ortho intramolecular Hbond substituents is 1. The second-order valence-corrected chi connectivity index (χ2v) is 7.01. The number of halogens is 1. The molecule has 0 spiro atoms. The molecule has 2 unspecified atom stereocenters. The van der Waals surface area contributed by atoms with Gasteiger partial charge in [-0.3, -0.25) is 14.4 Å². The van der Waals surface area contributed by atoms with E-state index < -0.39 is 35.7 Å². The van der Waals surface area contributed by atoms with E-state index in [0.29, 0.717) is 11.1 Å². The van der Waals surface area contributed by atoms with E-state index in [1.54, 1.807) is 30.3 Å². The summed E-state index contributed by atoms with van der Waals surface area (Å²) in [5, 5.41) is 12.2. The topological polar surface area (TPSA) is 119 Å². The maximum atomic E-state index is 13.2. The van der Waals surface area contributed by atoms with Crippen LogP contribution in [0.25, 0.3) is 0 Å². The van der Waals surface area contributed by atoms with Crippen molar-refractivity contribution in [2.24, 2.45) is 5.73 Å². The number of carbonyl (C=O) groups is 3. The summed E-state index contributed by atoms with van der Waals surface area (Å²) in [6, 6.07) is 18.5. The van der Waals surface area contributed by atoms with Gasteiger partial charge in [-0.2, -0.15) is 0 Å². The molecule has 4 N–H and O–H groups in total. The number of carbonyl (C=O) groups excluding carboxylic acids is 3. The van der Waals surface area contributed by atoms with Crippen molar-refractivity contribution >= 4 is 17.8 Å². The number of hydrogen-bond donors (Lipinski definition) is 3. The molecule has 8 heteroatoms. The molecular weight excluding hydrogens is 415 g/mol. The number of hydrogen-bond acceptors (Lipinski definition) is 5. The number of benzene rings is 3. The second-order valence-electron chi connectivity index (χ2n) is 7.01. The smallest absolute Gasteiger partial charge is 0.309 e. The highest BCUT2D eigenvalue weighted by molar-refractivity contribution is 5.95. The van der Waals surface area contributed by atoms with Crippen molar-refractivity contribution in [1.29, 1.82) is 0 Å². The summed E-state index contributed by atoms with van der Waals surface area (Å²) < 4.78 is 18.5. The summed E-state index contributed by atoms with van der Waals surface area (Å²) in [5.41, 5.74) is 6.54. The van der Waals surface area contributed by atoms with Gasteiger partial charge < -0.3 is 20.9 Å². The van der Waals surface area contributed by atoms with Crippen molar-refractivity contribution in [3.63, 3.8) is 0 Å². The molecule has 0 fully saturated rings. The molecule has 0 saturated carbocycles. The van der Waals surface area contributed by atoms with E-state index in [4.69, 9.17) is 10.5 Å². The number of rotatable bonds is 8. The number of nitrogens with two attached hydrogens (primary N) is 1. The molecule has 2 atom stereocenters. The third-order valence-electron chi connectivity index (χ3n) is 4.69. The molecule has 0 saturated heterocycles. The van der Waals surface area contributed by atoms with Crippen LogP contribution in [0.2, 0.25) is 0 Å². The largest absolute Gasteiger partial charge is 0.508 e. The van der Waals surface area contributed by atoms with Gasteiger partial charge in [-0.1, -0.05) is 42.5 Å². The van der Waals surface area contributed by atoms with Crippen LogP contribution in [0.1, 0.15) is 40.1 Å². The maximum absolute atomic E-state index is 13.2. The molecule has 0 aliphatic heterocycles. The fourth-order valence-corrected chi connectivity index (χ4v) is 3.07. The predicted octanol–water partition coefficient (Wildman–Crippen LogP) is 3.16. The summed E-state index contributed by atoms with van der Waals surface area (Å²) in [6.07, 6.45) is -1.67.